The fourth-order valence-corrected chi connectivity index (χ4v) is 2.36. The summed E-state index contributed by atoms with van der Waals surface area (Å²) < 4.78 is 0. The molecule has 0 fully saturated rings. The smallest absolute Gasteiger partial charge is 0.346 e. The Labute approximate surface area is 97.2 Å². The molecular formula is C12H11NO2S. The molecule has 0 aliphatic carbocycles. The van der Waals surface area contributed by atoms with E-state index in [4.69, 9.17) is 10.8 Å². The number of anilines is 1. The molecule has 0 radical (unpaired) electrons. The van der Waals surface area contributed by atoms with E-state index in [0.29, 0.717) is 10.6 Å². The third kappa shape index (κ3) is 1.79. The fourth-order valence-electron chi connectivity index (χ4n) is 1.62. The predicted molar refractivity (Wildman–Crippen MR) is 65.9 cm³/mol. The van der Waals surface area contributed by atoms with Crippen molar-refractivity contribution in [2.45, 2.75) is 6.92 Å². The third-order valence-electron chi connectivity index (χ3n) is 2.41. The highest BCUT2D eigenvalue weighted by Gasteiger charge is 2.14. The van der Waals surface area contributed by atoms with Crippen molar-refractivity contribution < 1.29 is 9.90 Å². The summed E-state index contributed by atoms with van der Waals surface area (Å²) in [6, 6.07) is 7.33. The van der Waals surface area contributed by atoms with E-state index in [1.165, 1.54) is 11.3 Å². The first kappa shape index (κ1) is 10.7. The number of hydrogen-bond donors (Lipinski definition) is 2. The minimum absolute atomic E-state index is 0.355. The van der Waals surface area contributed by atoms with Crippen molar-refractivity contribution in [2.75, 3.05) is 5.73 Å². The molecule has 2 rings (SSSR count). The first-order valence-electron chi connectivity index (χ1n) is 4.77. The summed E-state index contributed by atoms with van der Waals surface area (Å²) in [5.41, 5.74) is 9.01. The topological polar surface area (TPSA) is 63.3 Å². The molecule has 3 N–H and O–H groups in total. The predicted octanol–water partition coefficient (Wildman–Crippen LogP) is 3.00. The molecule has 0 amide bonds. The molecule has 0 unspecified atom stereocenters. The number of carboxylic acid groups (broad SMARTS) is 1. The van der Waals surface area contributed by atoms with Crippen LogP contribution in [0.2, 0.25) is 0 Å². The van der Waals surface area contributed by atoms with Crippen LogP contribution in [0.25, 0.3) is 11.1 Å². The zero-order valence-corrected chi connectivity index (χ0v) is 9.54. The lowest BCUT2D eigenvalue weighted by Crippen LogP contribution is -1.96. The molecule has 0 aliphatic rings. The molecule has 16 heavy (non-hydrogen) atoms. The fraction of sp³-hybridized carbons (Fsp3) is 0.0833. The number of aryl methyl sites for hydroxylation is 1. The van der Waals surface area contributed by atoms with Gasteiger partial charge in [0.2, 0.25) is 0 Å². The van der Waals surface area contributed by atoms with Crippen LogP contribution in [-0.4, -0.2) is 11.1 Å². The molecule has 0 saturated heterocycles. The van der Waals surface area contributed by atoms with Crippen LogP contribution in [0.3, 0.4) is 0 Å². The van der Waals surface area contributed by atoms with E-state index in [1.807, 2.05) is 31.2 Å². The first-order chi connectivity index (χ1) is 7.59. The minimum atomic E-state index is -0.896. The molecule has 1 aromatic heterocycles. The van der Waals surface area contributed by atoms with Gasteiger partial charge in [-0.1, -0.05) is 6.07 Å². The lowest BCUT2D eigenvalue weighted by molar-refractivity contribution is 0.0703. The van der Waals surface area contributed by atoms with Crippen LogP contribution < -0.4 is 5.73 Å². The number of benzene rings is 1. The van der Waals surface area contributed by atoms with Crippen LogP contribution in [0.1, 0.15) is 15.2 Å². The van der Waals surface area contributed by atoms with E-state index in [-0.39, 0.29) is 0 Å². The van der Waals surface area contributed by atoms with Gasteiger partial charge in [-0.2, -0.15) is 0 Å². The molecule has 0 atom stereocenters. The summed E-state index contributed by atoms with van der Waals surface area (Å²) in [6.07, 6.45) is 0. The van der Waals surface area contributed by atoms with Crippen molar-refractivity contribution in [1.29, 1.82) is 0 Å². The number of aromatic carboxylic acids is 1. The molecule has 0 saturated carbocycles. The largest absolute Gasteiger partial charge is 0.477 e. The molecule has 2 aromatic rings. The number of thiophene rings is 1. The number of hydrogen-bond acceptors (Lipinski definition) is 3. The molecule has 4 heteroatoms. The van der Waals surface area contributed by atoms with Gasteiger partial charge in [0.15, 0.2) is 0 Å². The summed E-state index contributed by atoms with van der Waals surface area (Å²) in [5.74, 6) is -0.896. The van der Waals surface area contributed by atoms with Crippen molar-refractivity contribution in [3.8, 4) is 11.1 Å². The summed E-state index contributed by atoms with van der Waals surface area (Å²) in [6.45, 7) is 1.94. The van der Waals surface area contributed by atoms with Gasteiger partial charge in [0.25, 0.3) is 0 Å². The van der Waals surface area contributed by atoms with Crippen molar-refractivity contribution >= 4 is 23.0 Å². The van der Waals surface area contributed by atoms with Crippen LogP contribution in [0.15, 0.2) is 29.6 Å². The normalized spacial score (nSPS) is 10.3. The Kier molecular flexibility index (Phi) is 2.66. The van der Waals surface area contributed by atoms with E-state index in [1.54, 1.807) is 5.38 Å². The number of rotatable bonds is 2. The molecular weight excluding hydrogens is 222 g/mol. The van der Waals surface area contributed by atoms with Gasteiger partial charge in [-0.15, -0.1) is 11.3 Å². The van der Waals surface area contributed by atoms with Gasteiger partial charge in [0.05, 0.1) is 0 Å². The van der Waals surface area contributed by atoms with Gasteiger partial charge < -0.3 is 10.8 Å². The average molecular weight is 233 g/mol. The Hall–Kier alpha value is -1.81. The van der Waals surface area contributed by atoms with Crippen LogP contribution >= 0.6 is 11.3 Å². The Balaban J connectivity index is 2.62. The van der Waals surface area contributed by atoms with Gasteiger partial charge in [0.1, 0.15) is 4.88 Å². The van der Waals surface area contributed by atoms with Gasteiger partial charge in [-0.25, -0.2) is 4.79 Å². The highest BCUT2D eigenvalue weighted by molar-refractivity contribution is 7.12. The Morgan fingerprint density at radius 1 is 1.31 bits per heavy atom. The average Bonchev–Trinajstić information content (AvgIpc) is 2.70. The minimum Gasteiger partial charge on any atom is -0.477 e. The molecule has 0 spiro atoms. The van der Waals surface area contributed by atoms with Gasteiger partial charge in [-0.3, -0.25) is 0 Å². The summed E-state index contributed by atoms with van der Waals surface area (Å²) >= 11 is 1.23. The van der Waals surface area contributed by atoms with Gasteiger partial charge >= 0.3 is 5.97 Å². The second-order valence-corrected chi connectivity index (χ2v) is 4.46. The summed E-state index contributed by atoms with van der Waals surface area (Å²) in [7, 11) is 0. The Morgan fingerprint density at radius 2 is 2.06 bits per heavy atom. The van der Waals surface area contributed by atoms with E-state index in [2.05, 4.69) is 0 Å². The SMILES string of the molecule is Cc1ccc(N)cc1-c1ccsc1C(=O)O. The second-order valence-electron chi connectivity index (χ2n) is 3.54. The monoisotopic (exact) mass is 233 g/mol. The lowest BCUT2D eigenvalue weighted by Gasteiger charge is -2.06. The lowest BCUT2D eigenvalue weighted by atomic mass is 10.0. The molecule has 1 heterocycles. The zero-order valence-electron chi connectivity index (χ0n) is 8.73. The molecule has 82 valence electrons. The van der Waals surface area contributed by atoms with Crippen molar-refractivity contribution in [3.63, 3.8) is 0 Å². The second kappa shape index (κ2) is 3.98. The standard InChI is InChI=1S/C12H11NO2S/c1-7-2-3-8(13)6-10(7)9-4-5-16-11(9)12(14)15/h2-6H,13H2,1H3,(H,14,15). The van der Waals surface area contributed by atoms with E-state index >= 15 is 0 Å². The maximum atomic E-state index is 11.0. The van der Waals surface area contributed by atoms with E-state index < -0.39 is 5.97 Å². The number of carboxylic acids is 1. The zero-order chi connectivity index (χ0) is 11.7. The summed E-state index contributed by atoms with van der Waals surface area (Å²) in [5, 5.41) is 10.8. The number of nitrogens with two attached hydrogens (primary N) is 1. The number of nitrogen functional groups attached to an aromatic ring is 1. The Bertz CT molecular complexity index is 546. The summed E-state index contributed by atoms with van der Waals surface area (Å²) in [4.78, 5) is 11.4. The highest BCUT2D eigenvalue weighted by atomic mass is 32.1. The van der Waals surface area contributed by atoms with Crippen LogP contribution in [0, 0.1) is 6.92 Å². The molecule has 0 aliphatic heterocycles. The van der Waals surface area contributed by atoms with Crippen molar-refractivity contribution in [3.05, 3.63) is 40.1 Å². The van der Waals surface area contributed by atoms with Crippen LogP contribution in [0.4, 0.5) is 5.69 Å². The van der Waals surface area contributed by atoms with E-state index in [0.717, 1.165) is 16.7 Å². The quantitative estimate of drug-likeness (QED) is 0.784. The highest BCUT2D eigenvalue weighted by Crippen LogP contribution is 2.31. The first-order valence-corrected chi connectivity index (χ1v) is 5.65. The van der Waals surface area contributed by atoms with Crippen LogP contribution in [-0.2, 0) is 0 Å². The molecule has 1 aromatic carbocycles. The van der Waals surface area contributed by atoms with Crippen molar-refractivity contribution in [1.82, 2.24) is 0 Å². The third-order valence-corrected chi connectivity index (χ3v) is 3.31. The maximum absolute atomic E-state index is 11.0. The maximum Gasteiger partial charge on any atom is 0.346 e. The van der Waals surface area contributed by atoms with Gasteiger partial charge in [0, 0.05) is 11.3 Å². The number of carbonyl (C=O) groups is 1. The van der Waals surface area contributed by atoms with Gasteiger partial charge in [-0.05, 0) is 41.6 Å². The molecule has 0 bridgehead atoms. The van der Waals surface area contributed by atoms with Crippen LogP contribution in [0.5, 0.6) is 0 Å². The molecule has 3 nitrogen and oxygen atoms in total. The van der Waals surface area contributed by atoms with E-state index in [9.17, 15) is 4.79 Å². The van der Waals surface area contributed by atoms with Crippen molar-refractivity contribution in [2.24, 2.45) is 0 Å². The Morgan fingerprint density at radius 3 is 2.75 bits per heavy atom.